The summed E-state index contributed by atoms with van der Waals surface area (Å²) in [5.74, 6) is 0.209. The normalized spacial score (nSPS) is 10.2. The molecule has 0 aliphatic heterocycles. The molecular formula is C19H21BrN2O3. The monoisotopic (exact) mass is 404 g/mol. The van der Waals surface area contributed by atoms with Gasteiger partial charge in [0.15, 0.2) is 0 Å². The maximum absolute atomic E-state index is 12.0. The van der Waals surface area contributed by atoms with Crippen molar-refractivity contribution in [2.45, 2.75) is 20.3 Å². The topological polar surface area (TPSA) is 67.4 Å². The van der Waals surface area contributed by atoms with Crippen LogP contribution in [0.5, 0.6) is 5.75 Å². The molecule has 132 valence electrons. The summed E-state index contributed by atoms with van der Waals surface area (Å²) in [6.07, 6.45) is 0.184. The second-order valence-electron chi connectivity index (χ2n) is 5.65. The summed E-state index contributed by atoms with van der Waals surface area (Å²) in [5.41, 5.74) is 2.77. The van der Waals surface area contributed by atoms with E-state index in [-0.39, 0.29) is 31.4 Å². The smallest absolute Gasteiger partial charge is 0.243 e. The van der Waals surface area contributed by atoms with Crippen molar-refractivity contribution in [2.75, 3.05) is 18.5 Å². The van der Waals surface area contributed by atoms with Gasteiger partial charge in [-0.25, -0.2) is 0 Å². The largest absolute Gasteiger partial charge is 0.493 e. The van der Waals surface area contributed by atoms with Gasteiger partial charge in [-0.15, -0.1) is 0 Å². The van der Waals surface area contributed by atoms with E-state index in [0.29, 0.717) is 5.75 Å². The van der Waals surface area contributed by atoms with Gasteiger partial charge < -0.3 is 15.4 Å². The Morgan fingerprint density at radius 2 is 1.72 bits per heavy atom. The van der Waals surface area contributed by atoms with Crippen molar-refractivity contribution in [1.82, 2.24) is 5.32 Å². The number of carbonyl (C=O) groups excluding carboxylic acids is 2. The first-order valence-electron chi connectivity index (χ1n) is 7.97. The molecule has 0 aliphatic carbocycles. The van der Waals surface area contributed by atoms with Crippen LogP contribution < -0.4 is 15.4 Å². The van der Waals surface area contributed by atoms with Crippen LogP contribution in [0.15, 0.2) is 46.9 Å². The molecule has 2 aromatic rings. The Morgan fingerprint density at radius 3 is 2.40 bits per heavy atom. The van der Waals surface area contributed by atoms with Crippen LogP contribution in [0.25, 0.3) is 0 Å². The number of hydrogen-bond acceptors (Lipinski definition) is 3. The number of benzene rings is 2. The maximum Gasteiger partial charge on any atom is 0.243 e. The zero-order valence-corrected chi connectivity index (χ0v) is 15.9. The first-order valence-corrected chi connectivity index (χ1v) is 8.76. The molecule has 0 saturated carbocycles. The molecular weight excluding hydrogens is 384 g/mol. The van der Waals surface area contributed by atoms with Gasteiger partial charge in [0.05, 0.1) is 19.6 Å². The third-order valence-corrected chi connectivity index (χ3v) is 4.08. The number of halogens is 1. The van der Waals surface area contributed by atoms with Crippen molar-refractivity contribution in [1.29, 1.82) is 0 Å². The summed E-state index contributed by atoms with van der Waals surface area (Å²) < 4.78 is 6.41. The molecule has 0 atom stereocenters. The molecule has 0 radical (unpaired) electrons. The Balaban J connectivity index is 1.71. The van der Waals surface area contributed by atoms with E-state index in [0.717, 1.165) is 21.3 Å². The highest BCUT2D eigenvalue weighted by Crippen LogP contribution is 2.19. The minimum atomic E-state index is -0.251. The van der Waals surface area contributed by atoms with Crippen molar-refractivity contribution in [2.24, 2.45) is 0 Å². The van der Waals surface area contributed by atoms with Gasteiger partial charge in [-0.3, -0.25) is 9.59 Å². The van der Waals surface area contributed by atoms with Crippen LogP contribution in [0, 0.1) is 13.8 Å². The average Bonchev–Trinajstić information content (AvgIpc) is 2.56. The predicted molar refractivity (Wildman–Crippen MR) is 102 cm³/mol. The molecule has 25 heavy (non-hydrogen) atoms. The number of para-hydroxylation sites is 1. The summed E-state index contributed by atoms with van der Waals surface area (Å²) in [6.45, 7) is 4.05. The van der Waals surface area contributed by atoms with Gasteiger partial charge >= 0.3 is 0 Å². The van der Waals surface area contributed by atoms with Crippen LogP contribution >= 0.6 is 15.9 Å². The second kappa shape index (κ2) is 9.22. The number of aryl methyl sites for hydroxylation is 2. The number of hydrogen-bond donors (Lipinski definition) is 2. The van der Waals surface area contributed by atoms with E-state index in [1.54, 1.807) is 0 Å². The molecule has 0 bridgehead atoms. The highest BCUT2D eigenvalue weighted by atomic mass is 79.9. The van der Waals surface area contributed by atoms with E-state index in [2.05, 4.69) is 26.6 Å². The molecule has 2 N–H and O–H groups in total. The van der Waals surface area contributed by atoms with E-state index in [1.165, 1.54) is 0 Å². The molecule has 0 saturated heterocycles. The van der Waals surface area contributed by atoms with Crippen LogP contribution in [-0.2, 0) is 9.59 Å². The van der Waals surface area contributed by atoms with Crippen LogP contribution in [0.1, 0.15) is 17.5 Å². The summed E-state index contributed by atoms with van der Waals surface area (Å²) in [6, 6.07) is 13.2. The lowest BCUT2D eigenvalue weighted by atomic mass is 10.1. The van der Waals surface area contributed by atoms with Crippen LogP contribution in [0.2, 0.25) is 0 Å². The molecule has 5 nitrogen and oxygen atoms in total. The fraction of sp³-hybridized carbons (Fsp3) is 0.263. The Hall–Kier alpha value is -2.34. The Bertz CT molecular complexity index is 742. The number of ether oxygens (including phenoxy) is 1. The number of amides is 2. The molecule has 2 aromatic carbocycles. The molecule has 6 heteroatoms. The molecule has 2 rings (SSSR count). The Labute approximate surface area is 155 Å². The molecule has 0 unspecified atom stereocenters. The minimum absolute atomic E-state index is 0.0660. The van der Waals surface area contributed by atoms with E-state index in [9.17, 15) is 9.59 Å². The highest BCUT2D eigenvalue weighted by Gasteiger charge is 2.09. The van der Waals surface area contributed by atoms with Gasteiger partial charge in [-0.05, 0) is 43.2 Å². The van der Waals surface area contributed by atoms with E-state index in [4.69, 9.17) is 4.74 Å². The van der Waals surface area contributed by atoms with E-state index in [1.807, 2.05) is 56.3 Å². The first kappa shape index (κ1) is 19.0. The third-order valence-electron chi connectivity index (χ3n) is 3.59. The lowest BCUT2D eigenvalue weighted by molar-refractivity contribution is -0.124. The average molecular weight is 405 g/mol. The van der Waals surface area contributed by atoms with Crippen molar-refractivity contribution in [3.63, 3.8) is 0 Å². The lowest BCUT2D eigenvalue weighted by Crippen LogP contribution is -2.33. The summed E-state index contributed by atoms with van der Waals surface area (Å²) >= 11 is 3.36. The SMILES string of the molecule is Cc1cccc(C)c1NC(=O)CNC(=O)CCOc1cccc(Br)c1. The van der Waals surface area contributed by atoms with Crippen molar-refractivity contribution in [3.8, 4) is 5.75 Å². The van der Waals surface area contributed by atoms with E-state index >= 15 is 0 Å². The quantitative estimate of drug-likeness (QED) is 0.740. The van der Waals surface area contributed by atoms with Crippen LogP contribution in [0.4, 0.5) is 5.69 Å². The van der Waals surface area contributed by atoms with Gasteiger partial charge in [0.2, 0.25) is 11.8 Å². The van der Waals surface area contributed by atoms with Crippen LogP contribution in [-0.4, -0.2) is 25.0 Å². The van der Waals surface area contributed by atoms with Gasteiger partial charge in [-0.1, -0.05) is 40.2 Å². The predicted octanol–water partition coefficient (Wildman–Crippen LogP) is 3.59. The van der Waals surface area contributed by atoms with E-state index < -0.39 is 0 Å². The van der Waals surface area contributed by atoms with Crippen molar-refractivity contribution in [3.05, 3.63) is 58.1 Å². The van der Waals surface area contributed by atoms with Crippen molar-refractivity contribution >= 4 is 33.4 Å². The fourth-order valence-corrected chi connectivity index (χ4v) is 2.66. The number of nitrogens with one attached hydrogen (secondary N) is 2. The van der Waals surface area contributed by atoms with Gasteiger partial charge in [0, 0.05) is 10.2 Å². The molecule has 0 aliphatic rings. The third kappa shape index (κ3) is 6.23. The zero-order valence-electron chi connectivity index (χ0n) is 14.3. The zero-order chi connectivity index (χ0) is 18.2. The lowest BCUT2D eigenvalue weighted by Gasteiger charge is -2.12. The van der Waals surface area contributed by atoms with Gasteiger partial charge in [0.1, 0.15) is 5.75 Å². The summed E-state index contributed by atoms with van der Waals surface area (Å²) in [7, 11) is 0. The second-order valence-corrected chi connectivity index (χ2v) is 6.56. The number of rotatable bonds is 7. The fourth-order valence-electron chi connectivity index (χ4n) is 2.28. The molecule has 0 spiro atoms. The van der Waals surface area contributed by atoms with Gasteiger partial charge in [-0.2, -0.15) is 0 Å². The number of carbonyl (C=O) groups is 2. The number of anilines is 1. The molecule has 2 amide bonds. The van der Waals surface area contributed by atoms with Crippen molar-refractivity contribution < 1.29 is 14.3 Å². The maximum atomic E-state index is 12.0. The van der Waals surface area contributed by atoms with Gasteiger partial charge in [0.25, 0.3) is 0 Å². The Morgan fingerprint density at radius 1 is 1.04 bits per heavy atom. The highest BCUT2D eigenvalue weighted by molar-refractivity contribution is 9.10. The molecule has 0 heterocycles. The Kier molecular flexibility index (Phi) is 7.01. The van der Waals surface area contributed by atoms with Crippen LogP contribution in [0.3, 0.4) is 0 Å². The summed E-state index contributed by atoms with van der Waals surface area (Å²) in [5, 5.41) is 5.43. The summed E-state index contributed by atoms with van der Waals surface area (Å²) in [4.78, 5) is 23.8. The minimum Gasteiger partial charge on any atom is -0.493 e. The first-order chi connectivity index (χ1) is 12.0. The standard InChI is InChI=1S/C19H21BrN2O3/c1-13-5-3-6-14(2)19(13)22-18(24)12-21-17(23)9-10-25-16-8-4-7-15(20)11-16/h3-8,11H,9-10,12H2,1-2H3,(H,21,23)(H,22,24). The molecule has 0 aromatic heterocycles. The molecule has 0 fully saturated rings.